The van der Waals surface area contributed by atoms with E-state index in [0.29, 0.717) is 17.4 Å². The third-order valence-corrected chi connectivity index (χ3v) is 3.61. The molecule has 0 fully saturated rings. The lowest BCUT2D eigenvalue weighted by atomic mass is 10.1. The van der Waals surface area contributed by atoms with Crippen LogP contribution in [0.3, 0.4) is 0 Å². The largest absolute Gasteiger partial charge is 0.326 e. The molecule has 0 amide bonds. The van der Waals surface area contributed by atoms with Gasteiger partial charge in [0.2, 0.25) is 0 Å². The summed E-state index contributed by atoms with van der Waals surface area (Å²) in [5.74, 6) is 0.690. The van der Waals surface area contributed by atoms with Gasteiger partial charge in [0.25, 0.3) is 0 Å². The molecule has 0 radical (unpaired) electrons. The van der Waals surface area contributed by atoms with Crippen LogP contribution in [0.5, 0.6) is 0 Å². The summed E-state index contributed by atoms with van der Waals surface area (Å²) in [5.41, 5.74) is 9.47. The first-order valence-electron chi connectivity index (χ1n) is 6.56. The van der Waals surface area contributed by atoms with Crippen molar-refractivity contribution in [2.75, 3.05) is 0 Å². The lowest BCUT2D eigenvalue weighted by molar-refractivity contribution is 0.927. The Kier molecular flexibility index (Phi) is 3.61. The summed E-state index contributed by atoms with van der Waals surface area (Å²) < 4.78 is 1.96. The number of nitrogens with zero attached hydrogens (tertiary/aromatic N) is 3. The average Bonchev–Trinajstić information content (AvgIpc) is 2.85. The molecule has 21 heavy (non-hydrogen) atoms. The predicted molar refractivity (Wildman–Crippen MR) is 83.3 cm³/mol. The van der Waals surface area contributed by atoms with Gasteiger partial charge in [-0.05, 0) is 29.8 Å². The van der Waals surface area contributed by atoms with E-state index in [0.717, 1.165) is 22.3 Å². The summed E-state index contributed by atoms with van der Waals surface area (Å²) >= 11 is 6.13. The number of para-hydroxylation sites is 2. The monoisotopic (exact) mass is 296 g/mol. The normalized spacial score (nSPS) is 10.7. The van der Waals surface area contributed by atoms with Crippen molar-refractivity contribution in [1.29, 1.82) is 5.26 Å². The summed E-state index contributed by atoms with van der Waals surface area (Å²) in [4.78, 5) is 4.54. The Balaban J connectivity index is 2.36. The van der Waals surface area contributed by atoms with E-state index in [2.05, 4.69) is 11.1 Å². The van der Waals surface area contributed by atoms with Crippen LogP contribution in [0.15, 0.2) is 42.5 Å². The van der Waals surface area contributed by atoms with Crippen LogP contribution in [0.25, 0.3) is 16.7 Å². The van der Waals surface area contributed by atoms with Crippen molar-refractivity contribution in [2.24, 2.45) is 5.73 Å². The smallest absolute Gasteiger partial charge is 0.128 e. The van der Waals surface area contributed by atoms with Gasteiger partial charge in [0.1, 0.15) is 5.82 Å². The molecule has 1 heterocycles. The van der Waals surface area contributed by atoms with Crippen LogP contribution in [-0.4, -0.2) is 9.55 Å². The molecule has 0 atom stereocenters. The lowest BCUT2D eigenvalue weighted by Gasteiger charge is -2.13. The number of hydrogen-bond acceptors (Lipinski definition) is 3. The first-order valence-corrected chi connectivity index (χ1v) is 6.94. The number of rotatable bonds is 3. The van der Waals surface area contributed by atoms with Crippen molar-refractivity contribution in [3.05, 3.63) is 58.9 Å². The molecule has 0 bridgehead atoms. The second-order valence-corrected chi connectivity index (χ2v) is 5.10. The van der Waals surface area contributed by atoms with Gasteiger partial charge in [-0.2, -0.15) is 5.26 Å². The van der Waals surface area contributed by atoms with Crippen LogP contribution in [0.2, 0.25) is 5.02 Å². The Bertz CT molecular complexity index is 845. The standard InChI is InChI=1S/C16H13ClN4/c17-12-6-5-11(10-19)15(9-12)21-14-4-2-1-3-13(14)20-16(21)7-8-18/h1-6,9H,7,10,19H2. The number of fused-ring (bicyclic) bond motifs is 1. The van der Waals surface area contributed by atoms with Crippen LogP contribution >= 0.6 is 11.6 Å². The molecule has 3 aromatic rings. The summed E-state index contributed by atoms with van der Waals surface area (Å²) in [7, 11) is 0. The summed E-state index contributed by atoms with van der Waals surface area (Å²) in [6.07, 6.45) is 0.227. The molecular weight excluding hydrogens is 284 g/mol. The van der Waals surface area contributed by atoms with E-state index in [1.165, 1.54) is 0 Å². The van der Waals surface area contributed by atoms with E-state index in [1.807, 2.05) is 47.0 Å². The molecule has 1 aromatic heterocycles. The van der Waals surface area contributed by atoms with E-state index >= 15 is 0 Å². The van der Waals surface area contributed by atoms with Gasteiger partial charge in [0.05, 0.1) is 29.2 Å². The highest BCUT2D eigenvalue weighted by Gasteiger charge is 2.14. The third-order valence-electron chi connectivity index (χ3n) is 3.38. The van der Waals surface area contributed by atoms with Crippen LogP contribution in [-0.2, 0) is 13.0 Å². The lowest BCUT2D eigenvalue weighted by Crippen LogP contribution is -2.07. The molecule has 0 aliphatic heterocycles. The van der Waals surface area contributed by atoms with Crippen LogP contribution < -0.4 is 5.73 Å². The molecule has 2 aromatic carbocycles. The fraction of sp³-hybridized carbons (Fsp3) is 0.125. The van der Waals surface area contributed by atoms with Crippen LogP contribution in [0.4, 0.5) is 0 Å². The predicted octanol–water partition coefficient (Wildman–Crippen LogP) is 3.20. The highest BCUT2D eigenvalue weighted by Crippen LogP contribution is 2.26. The van der Waals surface area contributed by atoms with Crippen LogP contribution in [0, 0.1) is 11.3 Å². The minimum Gasteiger partial charge on any atom is -0.326 e. The average molecular weight is 297 g/mol. The van der Waals surface area contributed by atoms with Crippen molar-refractivity contribution in [1.82, 2.24) is 9.55 Å². The fourth-order valence-corrected chi connectivity index (χ4v) is 2.62. The molecule has 0 spiro atoms. The Morgan fingerprint density at radius 3 is 2.81 bits per heavy atom. The Labute approximate surface area is 127 Å². The van der Waals surface area contributed by atoms with Gasteiger partial charge in [-0.1, -0.05) is 29.8 Å². The molecule has 4 nitrogen and oxygen atoms in total. The maximum Gasteiger partial charge on any atom is 0.128 e. The van der Waals surface area contributed by atoms with E-state index in [9.17, 15) is 0 Å². The number of halogens is 1. The van der Waals surface area contributed by atoms with Crippen molar-refractivity contribution in [3.63, 3.8) is 0 Å². The minimum absolute atomic E-state index is 0.227. The number of benzene rings is 2. The van der Waals surface area contributed by atoms with Gasteiger partial charge < -0.3 is 5.73 Å². The van der Waals surface area contributed by atoms with E-state index in [4.69, 9.17) is 22.6 Å². The fourth-order valence-electron chi connectivity index (χ4n) is 2.45. The maximum atomic E-state index is 9.04. The summed E-state index contributed by atoms with van der Waals surface area (Å²) in [6, 6.07) is 15.5. The zero-order valence-electron chi connectivity index (χ0n) is 11.3. The number of nitriles is 1. The molecule has 0 aliphatic rings. The molecular formula is C16H13ClN4. The summed E-state index contributed by atoms with van der Waals surface area (Å²) in [6.45, 7) is 0.394. The number of hydrogen-bond donors (Lipinski definition) is 1. The molecule has 2 N–H and O–H groups in total. The van der Waals surface area contributed by atoms with Gasteiger partial charge >= 0.3 is 0 Å². The third kappa shape index (κ3) is 2.38. The quantitative estimate of drug-likeness (QED) is 0.807. The van der Waals surface area contributed by atoms with Gasteiger partial charge in [-0.25, -0.2) is 4.98 Å². The van der Waals surface area contributed by atoms with Crippen molar-refractivity contribution in [2.45, 2.75) is 13.0 Å². The second kappa shape index (κ2) is 5.57. The topological polar surface area (TPSA) is 67.6 Å². The Morgan fingerprint density at radius 1 is 1.24 bits per heavy atom. The van der Waals surface area contributed by atoms with Gasteiger partial charge in [0, 0.05) is 11.6 Å². The van der Waals surface area contributed by atoms with Crippen molar-refractivity contribution >= 4 is 22.6 Å². The SMILES string of the molecule is N#CCc1nc2ccccc2n1-c1cc(Cl)ccc1CN. The molecule has 0 aliphatic carbocycles. The highest BCUT2D eigenvalue weighted by molar-refractivity contribution is 6.30. The first-order chi connectivity index (χ1) is 10.2. The van der Waals surface area contributed by atoms with Gasteiger partial charge in [-0.15, -0.1) is 0 Å². The molecule has 0 saturated heterocycles. The van der Waals surface area contributed by atoms with Crippen molar-refractivity contribution < 1.29 is 0 Å². The van der Waals surface area contributed by atoms with Crippen molar-refractivity contribution in [3.8, 4) is 11.8 Å². The number of nitrogens with two attached hydrogens (primary N) is 1. The van der Waals surface area contributed by atoms with E-state index in [-0.39, 0.29) is 6.42 Å². The Morgan fingerprint density at radius 2 is 2.05 bits per heavy atom. The zero-order valence-corrected chi connectivity index (χ0v) is 12.0. The first kappa shape index (κ1) is 13.6. The molecule has 3 rings (SSSR count). The van der Waals surface area contributed by atoms with Gasteiger partial charge in [0.15, 0.2) is 0 Å². The number of imidazole rings is 1. The molecule has 0 unspecified atom stereocenters. The van der Waals surface area contributed by atoms with E-state index in [1.54, 1.807) is 0 Å². The van der Waals surface area contributed by atoms with E-state index < -0.39 is 0 Å². The zero-order chi connectivity index (χ0) is 14.8. The minimum atomic E-state index is 0.227. The molecule has 0 saturated carbocycles. The summed E-state index contributed by atoms with van der Waals surface area (Å²) in [5, 5.41) is 9.67. The van der Waals surface area contributed by atoms with Crippen LogP contribution in [0.1, 0.15) is 11.4 Å². The van der Waals surface area contributed by atoms with Gasteiger partial charge in [-0.3, -0.25) is 4.57 Å². The highest BCUT2D eigenvalue weighted by atomic mass is 35.5. The Hall–Kier alpha value is -2.35. The number of aromatic nitrogens is 2. The maximum absolute atomic E-state index is 9.04. The second-order valence-electron chi connectivity index (χ2n) is 4.66. The molecule has 104 valence electrons. The molecule has 5 heteroatoms.